The molecule has 1 N–H and O–H groups in total. The van der Waals surface area contributed by atoms with Crippen LogP contribution in [0.5, 0.6) is 0 Å². The lowest BCUT2D eigenvalue weighted by molar-refractivity contribution is 0.0527. The highest BCUT2D eigenvalue weighted by molar-refractivity contribution is 5.94. The molecule has 0 atom stereocenters. The summed E-state index contributed by atoms with van der Waals surface area (Å²) in [4.78, 5) is 15.7. The molecular formula is C12H16N2O2. The van der Waals surface area contributed by atoms with Crippen LogP contribution in [0.1, 0.15) is 24.2 Å². The topological polar surface area (TPSA) is 51.2 Å². The average Bonchev–Trinajstić information content (AvgIpc) is 2.27. The van der Waals surface area contributed by atoms with E-state index in [9.17, 15) is 4.79 Å². The molecule has 4 heteroatoms. The van der Waals surface area contributed by atoms with Crippen molar-refractivity contribution in [2.24, 2.45) is 0 Å². The van der Waals surface area contributed by atoms with Gasteiger partial charge in [0.25, 0.3) is 0 Å². The Kier molecular flexibility index (Phi) is 4.51. The van der Waals surface area contributed by atoms with Crippen LogP contribution in [0.4, 0.5) is 5.82 Å². The molecule has 0 aliphatic carbocycles. The SMILES string of the molecule is C=C(C)CNc1ncccc1C(=O)OCC. The largest absolute Gasteiger partial charge is 0.462 e. The van der Waals surface area contributed by atoms with Gasteiger partial charge in [-0.05, 0) is 26.0 Å². The average molecular weight is 220 g/mol. The molecule has 1 heterocycles. The second-order valence-electron chi connectivity index (χ2n) is 3.43. The van der Waals surface area contributed by atoms with Crippen molar-refractivity contribution in [3.8, 4) is 0 Å². The number of carbonyl (C=O) groups excluding carboxylic acids is 1. The van der Waals surface area contributed by atoms with Crippen molar-refractivity contribution in [1.82, 2.24) is 4.98 Å². The molecule has 1 rings (SSSR count). The lowest BCUT2D eigenvalue weighted by atomic mass is 10.2. The monoisotopic (exact) mass is 220 g/mol. The molecule has 0 saturated heterocycles. The number of aromatic nitrogens is 1. The molecule has 0 aliphatic heterocycles. The summed E-state index contributed by atoms with van der Waals surface area (Å²) in [5.74, 6) is 0.170. The third kappa shape index (κ3) is 3.38. The molecule has 0 fully saturated rings. The summed E-state index contributed by atoms with van der Waals surface area (Å²) in [6, 6.07) is 3.39. The quantitative estimate of drug-likeness (QED) is 0.610. The molecule has 0 spiro atoms. The minimum absolute atomic E-state index is 0.355. The summed E-state index contributed by atoms with van der Waals surface area (Å²) in [5, 5.41) is 3.04. The molecule has 0 unspecified atom stereocenters. The summed E-state index contributed by atoms with van der Waals surface area (Å²) in [6.45, 7) is 8.39. The number of nitrogens with zero attached hydrogens (tertiary/aromatic N) is 1. The first-order chi connectivity index (χ1) is 7.65. The standard InChI is InChI=1S/C12H16N2O2/c1-4-16-12(15)10-6-5-7-13-11(10)14-8-9(2)3/h5-7H,2,4,8H2,1,3H3,(H,13,14). The summed E-state index contributed by atoms with van der Waals surface area (Å²) >= 11 is 0. The van der Waals surface area contributed by atoms with E-state index in [0.717, 1.165) is 5.57 Å². The van der Waals surface area contributed by atoms with Crippen LogP contribution in [-0.4, -0.2) is 24.1 Å². The Bertz CT molecular complexity index is 388. The molecule has 0 aromatic carbocycles. The molecule has 0 aliphatic rings. The smallest absolute Gasteiger partial charge is 0.341 e. The minimum atomic E-state index is -0.361. The number of anilines is 1. The molecule has 1 aromatic heterocycles. The second-order valence-corrected chi connectivity index (χ2v) is 3.43. The maximum absolute atomic E-state index is 11.6. The fourth-order valence-electron chi connectivity index (χ4n) is 1.15. The molecule has 0 radical (unpaired) electrons. The van der Waals surface area contributed by atoms with Gasteiger partial charge < -0.3 is 10.1 Å². The summed E-state index contributed by atoms with van der Waals surface area (Å²) in [5.41, 5.74) is 1.42. The number of hydrogen-bond acceptors (Lipinski definition) is 4. The van der Waals surface area contributed by atoms with Gasteiger partial charge in [0.15, 0.2) is 0 Å². The highest BCUT2D eigenvalue weighted by Crippen LogP contribution is 2.13. The summed E-state index contributed by atoms with van der Waals surface area (Å²) in [7, 11) is 0. The molecular weight excluding hydrogens is 204 g/mol. The highest BCUT2D eigenvalue weighted by atomic mass is 16.5. The van der Waals surface area contributed by atoms with E-state index in [1.807, 2.05) is 6.92 Å². The summed E-state index contributed by atoms with van der Waals surface area (Å²) < 4.78 is 4.93. The summed E-state index contributed by atoms with van der Waals surface area (Å²) in [6.07, 6.45) is 1.63. The van der Waals surface area contributed by atoms with Gasteiger partial charge in [-0.25, -0.2) is 9.78 Å². The van der Waals surface area contributed by atoms with E-state index in [0.29, 0.717) is 24.5 Å². The van der Waals surface area contributed by atoms with Crippen LogP contribution in [-0.2, 0) is 4.74 Å². The van der Waals surface area contributed by atoms with Gasteiger partial charge in [0.2, 0.25) is 0 Å². The van der Waals surface area contributed by atoms with E-state index >= 15 is 0 Å². The van der Waals surface area contributed by atoms with Gasteiger partial charge in [0.05, 0.1) is 6.61 Å². The third-order valence-corrected chi connectivity index (χ3v) is 1.86. The van der Waals surface area contributed by atoms with Crippen LogP contribution >= 0.6 is 0 Å². The molecule has 0 saturated carbocycles. The van der Waals surface area contributed by atoms with E-state index in [4.69, 9.17) is 4.74 Å². The Morgan fingerprint density at radius 3 is 3.00 bits per heavy atom. The maximum Gasteiger partial charge on any atom is 0.341 e. The van der Waals surface area contributed by atoms with Crippen molar-refractivity contribution in [2.75, 3.05) is 18.5 Å². The number of pyridine rings is 1. The van der Waals surface area contributed by atoms with Crippen molar-refractivity contribution in [3.05, 3.63) is 36.0 Å². The van der Waals surface area contributed by atoms with Gasteiger partial charge in [0.1, 0.15) is 11.4 Å². The van der Waals surface area contributed by atoms with Crippen molar-refractivity contribution < 1.29 is 9.53 Å². The first-order valence-corrected chi connectivity index (χ1v) is 5.15. The van der Waals surface area contributed by atoms with E-state index in [2.05, 4.69) is 16.9 Å². The first-order valence-electron chi connectivity index (χ1n) is 5.15. The molecule has 86 valence electrons. The van der Waals surface area contributed by atoms with E-state index < -0.39 is 0 Å². The van der Waals surface area contributed by atoms with E-state index in [-0.39, 0.29) is 5.97 Å². The number of hydrogen-bond donors (Lipinski definition) is 1. The third-order valence-electron chi connectivity index (χ3n) is 1.86. The van der Waals surface area contributed by atoms with Crippen molar-refractivity contribution in [1.29, 1.82) is 0 Å². The fourth-order valence-corrected chi connectivity index (χ4v) is 1.15. The van der Waals surface area contributed by atoms with E-state index in [1.54, 1.807) is 25.3 Å². The van der Waals surface area contributed by atoms with Crippen LogP contribution in [0, 0.1) is 0 Å². The van der Waals surface area contributed by atoms with Gasteiger partial charge >= 0.3 is 5.97 Å². The van der Waals surface area contributed by atoms with Crippen molar-refractivity contribution in [3.63, 3.8) is 0 Å². The molecule has 1 aromatic rings. The second kappa shape index (κ2) is 5.90. The Morgan fingerprint density at radius 1 is 1.62 bits per heavy atom. The predicted molar refractivity (Wildman–Crippen MR) is 63.5 cm³/mol. The molecule has 0 bridgehead atoms. The van der Waals surface area contributed by atoms with Gasteiger partial charge in [-0.15, -0.1) is 0 Å². The number of rotatable bonds is 5. The van der Waals surface area contributed by atoms with Crippen LogP contribution < -0.4 is 5.32 Å². The Labute approximate surface area is 95.3 Å². The highest BCUT2D eigenvalue weighted by Gasteiger charge is 2.12. The lowest BCUT2D eigenvalue weighted by Crippen LogP contribution is -2.12. The zero-order chi connectivity index (χ0) is 12.0. The normalized spacial score (nSPS) is 9.62. The lowest BCUT2D eigenvalue weighted by Gasteiger charge is -2.09. The van der Waals surface area contributed by atoms with Crippen LogP contribution in [0.2, 0.25) is 0 Å². The van der Waals surface area contributed by atoms with Gasteiger partial charge in [0, 0.05) is 12.7 Å². The minimum Gasteiger partial charge on any atom is -0.462 e. The van der Waals surface area contributed by atoms with Gasteiger partial charge in [-0.3, -0.25) is 0 Å². The number of esters is 1. The van der Waals surface area contributed by atoms with Crippen LogP contribution in [0.15, 0.2) is 30.5 Å². The Morgan fingerprint density at radius 2 is 2.38 bits per heavy atom. The van der Waals surface area contributed by atoms with Crippen LogP contribution in [0.3, 0.4) is 0 Å². The first kappa shape index (κ1) is 12.2. The number of nitrogens with one attached hydrogen (secondary N) is 1. The Balaban J connectivity index is 2.82. The number of carbonyl (C=O) groups is 1. The molecule has 0 amide bonds. The molecule has 16 heavy (non-hydrogen) atoms. The predicted octanol–water partition coefficient (Wildman–Crippen LogP) is 2.25. The fraction of sp³-hybridized carbons (Fsp3) is 0.333. The van der Waals surface area contributed by atoms with Gasteiger partial charge in [-0.1, -0.05) is 12.2 Å². The van der Waals surface area contributed by atoms with Crippen molar-refractivity contribution >= 4 is 11.8 Å². The van der Waals surface area contributed by atoms with Gasteiger partial charge in [-0.2, -0.15) is 0 Å². The Hall–Kier alpha value is -1.84. The van der Waals surface area contributed by atoms with E-state index in [1.165, 1.54) is 0 Å². The number of ether oxygens (including phenoxy) is 1. The van der Waals surface area contributed by atoms with Crippen LogP contribution in [0.25, 0.3) is 0 Å². The zero-order valence-electron chi connectivity index (χ0n) is 9.62. The zero-order valence-corrected chi connectivity index (χ0v) is 9.62. The van der Waals surface area contributed by atoms with Crippen molar-refractivity contribution in [2.45, 2.75) is 13.8 Å². The molecule has 4 nitrogen and oxygen atoms in total. The maximum atomic E-state index is 11.6.